The summed E-state index contributed by atoms with van der Waals surface area (Å²) < 4.78 is 39.7. The number of hydrogen-bond donors (Lipinski definition) is 4. The van der Waals surface area contributed by atoms with Crippen molar-refractivity contribution in [2.24, 2.45) is 0 Å². The number of halogens is 4. The predicted octanol–water partition coefficient (Wildman–Crippen LogP) is 9.63. The van der Waals surface area contributed by atoms with Gasteiger partial charge in [0.2, 0.25) is 11.8 Å². The zero-order valence-corrected chi connectivity index (χ0v) is 43.4. The number of para-hydroxylation sites is 2. The number of nitrogens with one attached hydrogen (secondary N) is 2. The van der Waals surface area contributed by atoms with Gasteiger partial charge in [0.15, 0.2) is 16.0 Å². The molecule has 6 aromatic rings. The van der Waals surface area contributed by atoms with E-state index in [4.69, 9.17) is 42.9 Å². The molecule has 4 aromatic carbocycles. The van der Waals surface area contributed by atoms with Crippen LogP contribution in [0.15, 0.2) is 84.9 Å². The smallest absolute Gasteiger partial charge is 0.413 e. The Labute approximate surface area is 439 Å². The molecule has 0 spiro atoms. The SMILES string of the molecule is CN(C(=O)CCc1cccc(F)c1Cl)[C@@H](CCC(=O)CO)COC(=O)Nc1nc2ccccc2s1.CN(C(=O)CCc1cccc(F)c1Cl)[C@@H](CCC(=O)O)COC(=O)Nc1nc2ccccc2s1.S.S. The number of ketones is 1. The highest BCUT2D eigenvalue weighted by Gasteiger charge is 2.25. The van der Waals surface area contributed by atoms with E-state index < -0.39 is 48.5 Å². The molecule has 0 saturated carbocycles. The largest absolute Gasteiger partial charge is 0.481 e. The van der Waals surface area contributed by atoms with E-state index in [1.165, 1.54) is 63.8 Å². The van der Waals surface area contributed by atoms with Gasteiger partial charge in [0.25, 0.3) is 0 Å². The summed E-state index contributed by atoms with van der Waals surface area (Å²) in [7, 11) is 3.05. The number of ether oxygens (including phenoxy) is 2. The van der Waals surface area contributed by atoms with Crippen LogP contribution in [0.3, 0.4) is 0 Å². The third-order valence-electron chi connectivity index (χ3n) is 10.6. The second-order valence-corrected chi connectivity index (χ2v) is 18.1. The quantitative estimate of drug-likeness (QED) is 0.0530. The summed E-state index contributed by atoms with van der Waals surface area (Å²) in [6.45, 7) is -0.979. The molecule has 6 rings (SSSR count). The molecular weight excluding hydrogens is 1050 g/mol. The number of hydrogen-bond acceptors (Lipinski definition) is 13. The fourth-order valence-electron chi connectivity index (χ4n) is 6.64. The molecule has 4 N–H and O–H groups in total. The molecule has 16 nitrogen and oxygen atoms in total. The topological polar surface area (TPSA) is 218 Å². The highest BCUT2D eigenvalue weighted by Crippen LogP contribution is 2.28. The Balaban J connectivity index is 0.000000365. The van der Waals surface area contributed by atoms with Crippen molar-refractivity contribution in [3.05, 3.63) is 118 Å². The van der Waals surface area contributed by atoms with E-state index in [-0.39, 0.29) is 119 Å². The monoisotopic (exact) mass is 1100 g/mol. The Morgan fingerprint density at radius 2 is 1.04 bits per heavy atom. The maximum Gasteiger partial charge on any atom is 0.413 e. The summed E-state index contributed by atoms with van der Waals surface area (Å²) in [5, 5.41) is 23.9. The van der Waals surface area contributed by atoms with Gasteiger partial charge in [-0.3, -0.25) is 29.8 Å². The Kier molecular flexibility index (Phi) is 24.9. The molecule has 2 atom stereocenters. The van der Waals surface area contributed by atoms with E-state index >= 15 is 0 Å². The van der Waals surface area contributed by atoms with E-state index in [1.807, 2.05) is 48.5 Å². The number of carboxylic acid groups (broad SMARTS) is 1. The Hall–Kier alpha value is -5.62. The number of aryl methyl sites for hydroxylation is 2. The Bertz CT molecular complexity index is 2710. The first-order valence-electron chi connectivity index (χ1n) is 21.3. The number of thiazole rings is 2. The summed E-state index contributed by atoms with van der Waals surface area (Å²) >= 11 is 14.5. The van der Waals surface area contributed by atoms with Crippen LogP contribution in [0.2, 0.25) is 10.0 Å². The molecule has 382 valence electrons. The molecular formula is C47H52Cl2F2N6O10S4. The molecule has 0 unspecified atom stereocenters. The van der Waals surface area contributed by atoms with Crippen LogP contribution < -0.4 is 10.6 Å². The van der Waals surface area contributed by atoms with Gasteiger partial charge in [0.1, 0.15) is 31.5 Å². The number of aliphatic hydroxyl groups excluding tert-OH is 1. The van der Waals surface area contributed by atoms with Crippen molar-refractivity contribution in [1.29, 1.82) is 0 Å². The van der Waals surface area contributed by atoms with Gasteiger partial charge in [0.05, 0.1) is 42.6 Å². The van der Waals surface area contributed by atoms with Gasteiger partial charge < -0.3 is 29.5 Å². The van der Waals surface area contributed by atoms with Crippen molar-refractivity contribution in [1.82, 2.24) is 19.8 Å². The summed E-state index contributed by atoms with van der Waals surface area (Å²) in [5.41, 5.74) is 2.49. The van der Waals surface area contributed by atoms with E-state index in [1.54, 1.807) is 19.2 Å². The molecule has 2 aromatic heterocycles. The lowest BCUT2D eigenvalue weighted by Gasteiger charge is -2.28. The zero-order valence-electron chi connectivity index (χ0n) is 38.3. The summed E-state index contributed by atoms with van der Waals surface area (Å²) in [5.74, 6) is -3.14. The molecule has 71 heavy (non-hydrogen) atoms. The summed E-state index contributed by atoms with van der Waals surface area (Å²) in [4.78, 5) is 84.1. The number of Topliss-reactive ketones (excluding diaryl/α,β-unsaturated/α-hetero) is 1. The third kappa shape index (κ3) is 18.5. The molecule has 0 aliphatic rings. The Morgan fingerprint density at radius 1 is 0.634 bits per heavy atom. The van der Waals surface area contributed by atoms with Crippen LogP contribution >= 0.6 is 72.9 Å². The van der Waals surface area contributed by atoms with Crippen LogP contribution in [-0.2, 0) is 41.5 Å². The normalized spacial score (nSPS) is 11.4. The number of likely N-dealkylation sites (N-methyl/N-ethyl adjacent to an activating group) is 2. The fraction of sp³-hybridized carbons (Fsp3) is 0.319. The molecule has 0 aliphatic heterocycles. The first kappa shape index (κ1) is 59.7. The van der Waals surface area contributed by atoms with Gasteiger partial charge in [-0.2, -0.15) is 27.0 Å². The highest BCUT2D eigenvalue weighted by atomic mass is 35.5. The van der Waals surface area contributed by atoms with Gasteiger partial charge in [-0.1, -0.05) is 94.4 Å². The number of carbonyl (C=O) groups excluding carboxylic acids is 5. The van der Waals surface area contributed by atoms with Crippen LogP contribution in [0.1, 0.15) is 49.7 Å². The molecule has 0 bridgehead atoms. The van der Waals surface area contributed by atoms with Crippen LogP contribution in [0.25, 0.3) is 20.4 Å². The molecule has 4 amide bonds. The van der Waals surface area contributed by atoms with Crippen molar-refractivity contribution in [3.8, 4) is 0 Å². The number of benzene rings is 4. The fourth-order valence-corrected chi connectivity index (χ4v) is 8.79. The lowest BCUT2D eigenvalue weighted by molar-refractivity contribution is -0.139. The van der Waals surface area contributed by atoms with E-state index in [2.05, 4.69) is 20.6 Å². The van der Waals surface area contributed by atoms with Crippen molar-refractivity contribution >= 4 is 139 Å². The number of aliphatic hydroxyl groups is 1. The summed E-state index contributed by atoms with van der Waals surface area (Å²) in [6.07, 6.45) is -0.905. The van der Waals surface area contributed by atoms with Crippen LogP contribution in [0.5, 0.6) is 0 Å². The first-order chi connectivity index (χ1) is 33.0. The van der Waals surface area contributed by atoms with E-state index in [0.29, 0.717) is 21.4 Å². The second-order valence-electron chi connectivity index (χ2n) is 15.3. The molecule has 0 radical (unpaired) electrons. The van der Waals surface area contributed by atoms with E-state index in [9.17, 15) is 37.5 Å². The number of carbonyl (C=O) groups is 6. The number of rotatable bonds is 21. The number of anilines is 2. The van der Waals surface area contributed by atoms with Gasteiger partial charge in [-0.25, -0.2) is 28.3 Å². The predicted molar refractivity (Wildman–Crippen MR) is 281 cm³/mol. The number of amides is 4. The molecule has 24 heteroatoms. The molecule has 0 aliphatic carbocycles. The van der Waals surface area contributed by atoms with Gasteiger partial charge in [0, 0.05) is 39.8 Å². The minimum absolute atomic E-state index is 0. The van der Waals surface area contributed by atoms with Crippen molar-refractivity contribution in [2.75, 3.05) is 44.5 Å². The average molecular weight is 1100 g/mol. The highest BCUT2D eigenvalue weighted by molar-refractivity contribution is 7.59. The van der Waals surface area contributed by atoms with Crippen molar-refractivity contribution in [2.45, 2.75) is 63.5 Å². The number of fused-ring (bicyclic) bond motifs is 2. The lowest BCUT2D eigenvalue weighted by atomic mass is 10.1. The number of aliphatic carboxylic acids is 1. The Morgan fingerprint density at radius 3 is 1.44 bits per heavy atom. The molecule has 2 heterocycles. The zero-order chi connectivity index (χ0) is 50.0. The number of carboxylic acids is 1. The minimum Gasteiger partial charge on any atom is -0.481 e. The van der Waals surface area contributed by atoms with Crippen LogP contribution in [0.4, 0.5) is 28.6 Å². The third-order valence-corrected chi connectivity index (χ3v) is 13.4. The summed E-state index contributed by atoms with van der Waals surface area (Å²) in [6, 6.07) is 22.4. The lowest BCUT2D eigenvalue weighted by Crippen LogP contribution is -2.41. The van der Waals surface area contributed by atoms with Gasteiger partial charge in [-0.15, -0.1) is 0 Å². The van der Waals surface area contributed by atoms with E-state index in [0.717, 1.165) is 20.4 Å². The van der Waals surface area contributed by atoms with Crippen LogP contribution in [0, 0.1) is 11.6 Å². The average Bonchev–Trinajstić information content (AvgIpc) is 3.94. The van der Waals surface area contributed by atoms with Crippen molar-refractivity contribution < 1.29 is 57.2 Å². The minimum atomic E-state index is -1.03. The standard InChI is InChI=1S/C24H25ClFN3O5S.C23H23ClFN3O5S.2H2S/c1-29(21(32)12-9-15-5-4-6-18(26)22(15)25)16(10-11-17(31)13-30)14-34-24(33)28-23-27-19-7-2-3-8-20(19)35-23;1-28(19(29)11-9-14-5-4-6-16(25)21(14)24)15(10-12-20(30)31)13-33-23(32)27-22-26-17-7-2-3-8-18(17)34-22;;/h2-8,16,30H,9-14H2,1H3,(H,27,28,33);2-8,15H,9-13H2,1H3,(H,30,31)(H,26,27,32);2*1H2/t16-;15-;;/m00../s1. The van der Waals surface area contributed by atoms with Gasteiger partial charge in [-0.05, 0) is 73.2 Å². The number of nitrogens with zero attached hydrogens (tertiary/aromatic N) is 4. The van der Waals surface area contributed by atoms with Crippen LogP contribution in [-0.4, -0.2) is 112 Å². The maximum absolute atomic E-state index is 13.7. The van der Waals surface area contributed by atoms with Gasteiger partial charge >= 0.3 is 18.2 Å². The first-order valence-corrected chi connectivity index (χ1v) is 23.7. The van der Waals surface area contributed by atoms with Crippen molar-refractivity contribution in [3.63, 3.8) is 0 Å². The second kappa shape index (κ2) is 29.7. The maximum atomic E-state index is 13.7. The number of aromatic nitrogens is 2. The molecule has 0 saturated heterocycles. The molecule has 0 fully saturated rings.